The maximum Gasteiger partial charge on any atom is 0.269 e. The van der Waals surface area contributed by atoms with E-state index in [1.165, 1.54) is 30.6 Å². The molecule has 0 saturated carbocycles. The van der Waals surface area contributed by atoms with Crippen LogP contribution in [0.15, 0.2) is 29.2 Å². The van der Waals surface area contributed by atoms with Gasteiger partial charge in [-0.1, -0.05) is 0 Å². The normalized spacial score (nSPS) is 14.5. The number of non-ortho nitro benzene ring substituents is 1. The minimum Gasteiger partial charge on any atom is -0.344 e. The first-order valence-electron chi connectivity index (χ1n) is 4.05. The molecule has 82 valence electrons. The van der Waals surface area contributed by atoms with E-state index in [9.17, 15) is 14.7 Å². The number of thioether (sulfide) groups is 1. The SMILES string of the molecule is CP(=O)(O)CSc1ccc([N+](=O)[O-])cc1. The summed E-state index contributed by atoms with van der Waals surface area (Å²) in [6.07, 6.45) is 0. The molecule has 1 aromatic rings. The molecule has 5 nitrogen and oxygen atoms in total. The molecule has 1 aromatic carbocycles. The van der Waals surface area contributed by atoms with Gasteiger partial charge in [-0.05, 0) is 12.1 Å². The Morgan fingerprint density at radius 2 is 2.00 bits per heavy atom. The van der Waals surface area contributed by atoms with Gasteiger partial charge in [0, 0.05) is 23.7 Å². The highest BCUT2D eigenvalue weighted by Crippen LogP contribution is 2.41. The molecule has 1 unspecified atom stereocenters. The molecule has 0 aliphatic rings. The Kier molecular flexibility index (Phi) is 3.90. The summed E-state index contributed by atoms with van der Waals surface area (Å²) in [5, 5.41) is 10.3. The maximum absolute atomic E-state index is 11.0. The molecule has 15 heavy (non-hydrogen) atoms. The average molecular weight is 247 g/mol. The van der Waals surface area contributed by atoms with Crippen molar-refractivity contribution >= 4 is 24.8 Å². The van der Waals surface area contributed by atoms with Crippen LogP contribution in [0.25, 0.3) is 0 Å². The quantitative estimate of drug-likeness (QED) is 0.382. The third-order valence-electron chi connectivity index (χ3n) is 1.52. The molecule has 0 bridgehead atoms. The van der Waals surface area contributed by atoms with Crippen LogP contribution in [0, 0.1) is 10.1 Å². The molecule has 0 aliphatic heterocycles. The van der Waals surface area contributed by atoms with Crippen molar-refractivity contribution in [2.24, 2.45) is 0 Å². The Bertz CT molecular complexity index is 400. The van der Waals surface area contributed by atoms with E-state index in [-0.39, 0.29) is 11.2 Å². The van der Waals surface area contributed by atoms with E-state index in [1.54, 1.807) is 12.1 Å². The predicted molar refractivity (Wildman–Crippen MR) is 59.6 cm³/mol. The highest BCUT2D eigenvalue weighted by atomic mass is 32.2. The first-order valence-corrected chi connectivity index (χ1v) is 7.33. The average Bonchev–Trinajstić information content (AvgIpc) is 2.14. The molecule has 1 N–H and O–H groups in total. The molecule has 0 fully saturated rings. The van der Waals surface area contributed by atoms with Crippen molar-refractivity contribution in [2.45, 2.75) is 4.90 Å². The molecular weight excluding hydrogens is 237 g/mol. The second kappa shape index (κ2) is 4.79. The van der Waals surface area contributed by atoms with Crippen molar-refractivity contribution in [3.63, 3.8) is 0 Å². The fourth-order valence-corrected chi connectivity index (χ4v) is 2.74. The van der Waals surface area contributed by atoms with Crippen molar-refractivity contribution in [1.82, 2.24) is 0 Å². The minimum atomic E-state index is -3.03. The van der Waals surface area contributed by atoms with Gasteiger partial charge in [0.15, 0.2) is 0 Å². The highest BCUT2D eigenvalue weighted by molar-refractivity contribution is 8.04. The van der Waals surface area contributed by atoms with Crippen molar-refractivity contribution in [3.05, 3.63) is 34.4 Å². The predicted octanol–water partition coefficient (Wildman–Crippen LogP) is 2.54. The number of hydrogen-bond donors (Lipinski definition) is 1. The van der Waals surface area contributed by atoms with E-state index in [4.69, 9.17) is 4.89 Å². The van der Waals surface area contributed by atoms with Crippen molar-refractivity contribution < 1.29 is 14.4 Å². The molecule has 0 spiro atoms. The van der Waals surface area contributed by atoms with Gasteiger partial charge in [0.05, 0.1) is 10.4 Å². The highest BCUT2D eigenvalue weighted by Gasteiger charge is 2.11. The first kappa shape index (κ1) is 12.2. The van der Waals surface area contributed by atoms with Gasteiger partial charge in [-0.15, -0.1) is 11.8 Å². The molecule has 0 aliphatic carbocycles. The van der Waals surface area contributed by atoms with Gasteiger partial charge in [-0.3, -0.25) is 14.7 Å². The van der Waals surface area contributed by atoms with Gasteiger partial charge in [0.2, 0.25) is 7.37 Å². The fourth-order valence-electron chi connectivity index (χ4n) is 0.858. The summed E-state index contributed by atoms with van der Waals surface area (Å²) in [5.41, 5.74) is 0.133. The van der Waals surface area contributed by atoms with Crippen LogP contribution in [0.2, 0.25) is 0 Å². The first-order chi connectivity index (χ1) is 6.88. The fraction of sp³-hybridized carbons (Fsp3) is 0.250. The Labute approximate surface area is 91.1 Å². The van der Waals surface area contributed by atoms with Crippen LogP contribution in [-0.2, 0) is 4.57 Å². The summed E-state index contributed by atoms with van der Waals surface area (Å²) in [4.78, 5) is 19.7. The standard InChI is InChI=1S/C8H10NO4PS/c1-14(12,13)6-15-8-4-2-7(3-5-8)9(10)11/h2-5H,6H2,1H3,(H,12,13). The lowest BCUT2D eigenvalue weighted by Crippen LogP contribution is -1.87. The molecular formula is C8H10NO4PS. The Balaban J connectivity index is 2.65. The molecule has 0 radical (unpaired) electrons. The lowest BCUT2D eigenvalue weighted by atomic mass is 10.3. The zero-order valence-corrected chi connectivity index (χ0v) is 9.70. The number of nitro benzene ring substituents is 1. The van der Waals surface area contributed by atoms with Crippen LogP contribution >= 0.6 is 19.1 Å². The number of rotatable bonds is 4. The van der Waals surface area contributed by atoms with Crippen molar-refractivity contribution in [2.75, 3.05) is 12.2 Å². The molecule has 7 heteroatoms. The maximum atomic E-state index is 11.0. The summed E-state index contributed by atoms with van der Waals surface area (Å²) in [6.45, 7) is 1.28. The Morgan fingerprint density at radius 1 is 1.47 bits per heavy atom. The van der Waals surface area contributed by atoms with Gasteiger partial charge in [-0.25, -0.2) is 0 Å². The van der Waals surface area contributed by atoms with Crippen LogP contribution in [0.3, 0.4) is 0 Å². The van der Waals surface area contributed by atoms with E-state index in [2.05, 4.69) is 0 Å². The summed E-state index contributed by atoms with van der Waals surface area (Å²) < 4.78 is 11.0. The number of hydrogen-bond acceptors (Lipinski definition) is 4. The lowest BCUT2D eigenvalue weighted by molar-refractivity contribution is -0.384. The number of nitrogens with zero attached hydrogens (tertiary/aromatic N) is 1. The molecule has 0 heterocycles. The van der Waals surface area contributed by atoms with Crippen molar-refractivity contribution in [1.29, 1.82) is 0 Å². The van der Waals surface area contributed by atoms with E-state index in [0.29, 0.717) is 0 Å². The van der Waals surface area contributed by atoms with Gasteiger partial charge in [-0.2, -0.15) is 0 Å². The zero-order chi connectivity index (χ0) is 11.5. The largest absolute Gasteiger partial charge is 0.344 e. The van der Waals surface area contributed by atoms with Gasteiger partial charge in [0.25, 0.3) is 5.69 Å². The summed E-state index contributed by atoms with van der Waals surface area (Å²) in [5.74, 6) is 0. The third kappa shape index (κ3) is 4.46. The molecule has 0 amide bonds. The topological polar surface area (TPSA) is 80.4 Å². The molecule has 0 aromatic heterocycles. The summed E-state index contributed by atoms with van der Waals surface area (Å²) in [7, 11) is -3.03. The second-order valence-corrected chi connectivity index (χ2v) is 6.97. The lowest BCUT2D eigenvalue weighted by Gasteiger charge is -2.04. The van der Waals surface area contributed by atoms with E-state index >= 15 is 0 Å². The monoisotopic (exact) mass is 247 g/mol. The van der Waals surface area contributed by atoms with Crippen LogP contribution in [0.1, 0.15) is 0 Å². The van der Waals surface area contributed by atoms with Gasteiger partial charge < -0.3 is 4.89 Å². The van der Waals surface area contributed by atoms with Crippen molar-refractivity contribution in [3.8, 4) is 0 Å². The second-order valence-electron chi connectivity index (χ2n) is 3.08. The van der Waals surface area contributed by atoms with Gasteiger partial charge >= 0.3 is 0 Å². The van der Waals surface area contributed by atoms with Gasteiger partial charge in [0.1, 0.15) is 0 Å². The smallest absolute Gasteiger partial charge is 0.269 e. The number of nitro groups is 1. The zero-order valence-electron chi connectivity index (χ0n) is 7.99. The van der Waals surface area contributed by atoms with E-state index < -0.39 is 12.3 Å². The number of benzene rings is 1. The van der Waals surface area contributed by atoms with Crippen LogP contribution in [0.4, 0.5) is 5.69 Å². The minimum absolute atomic E-state index is 0.0167. The third-order valence-corrected chi connectivity index (χ3v) is 4.56. The van der Waals surface area contributed by atoms with Crippen LogP contribution in [-0.4, -0.2) is 22.0 Å². The summed E-state index contributed by atoms with van der Waals surface area (Å²) in [6, 6.07) is 5.89. The molecule has 1 rings (SSSR count). The Hall–Kier alpha value is -0.840. The van der Waals surface area contributed by atoms with Crippen LogP contribution < -0.4 is 0 Å². The van der Waals surface area contributed by atoms with E-state index in [1.807, 2.05) is 0 Å². The molecule has 0 saturated heterocycles. The summed E-state index contributed by atoms with van der Waals surface area (Å²) >= 11 is 1.21. The Morgan fingerprint density at radius 3 is 2.40 bits per heavy atom. The van der Waals surface area contributed by atoms with E-state index in [0.717, 1.165) is 4.90 Å². The molecule has 1 atom stereocenters. The van der Waals surface area contributed by atoms with Crippen LogP contribution in [0.5, 0.6) is 0 Å².